The predicted molar refractivity (Wildman–Crippen MR) is 101 cm³/mol. The number of methoxy groups -OCH3 is 1. The van der Waals surface area contributed by atoms with Crippen molar-refractivity contribution in [1.29, 1.82) is 0 Å². The van der Waals surface area contributed by atoms with E-state index in [-0.39, 0.29) is 5.91 Å². The quantitative estimate of drug-likeness (QED) is 0.696. The maximum atomic E-state index is 12.6. The molecule has 0 aliphatic carbocycles. The summed E-state index contributed by atoms with van der Waals surface area (Å²) < 4.78 is 7.66. The molecule has 0 bridgehead atoms. The van der Waals surface area contributed by atoms with E-state index < -0.39 is 0 Å². The molecule has 6 heteroatoms. The number of ether oxygens (including phenoxy) is 1. The van der Waals surface area contributed by atoms with E-state index in [4.69, 9.17) is 4.74 Å². The number of hydrogen-bond acceptors (Lipinski definition) is 3. The molecular weight excluding hydrogens is 382 g/mol. The highest BCUT2D eigenvalue weighted by Gasteiger charge is 2.14. The molecule has 1 heterocycles. The molecule has 0 spiro atoms. The Morgan fingerprint density at radius 1 is 1.24 bits per heavy atom. The Hall–Kier alpha value is -2.60. The molecule has 1 amide bonds. The topological polar surface area (TPSA) is 56.1 Å². The lowest BCUT2D eigenvalue weighted by Gasteiger charge is -2.11. The SMILES string of the molecule is COc1ccc(Br)c(C(=O)Nc2ccnn2Cc2cccc(C)c2)c1. The first-order chi connectivity index (χ1) is 12.1. The minimum atomic E-state index is -0.225. The van der Waals surface area contributed by atoms with Gasteiger partial charge in [0.15, 0.2) is 0 Å². The lowest BCUT2D eigenvalue weighted by atomic mass is 10.1. The van der Waals surface area contributed by atoms with Crippen molar-refractivity contribution in [2.45, 2.75) is 13.5 Å². The Balaban J connectivity index is 1.80. The average Bonchev–Trinajstić information content (AvgIpc) is 3.02. The normalized spacial score (nSPS) is 10.5. The molecule has 2 aromatic carbocycles. The molecule has 0 unspecified atom stereocenters. The van der Waals surface area contributed by atoms with Crippen LogP contribution in [-0.2, 0) is 6.54 Å². The minimum Gasteiger partial charge on any atom is -0.497 e. The average molecular weight is 400 g/mol. The fraction of sp³-hybridized carbons (Fsp3) is 0.158. The van der Waals surface area contributed by atoms with Gasteiger partial charge in [-0.2, -0.15) is 5.10 Å². The molecular formula is C19H18BrN3O2. The van der Waals surface area contributed by atoms with Gasteiger partial charge in [0, 0.05) is 10.5 Å². The maximum Gasteiger partial charge on any atom is 0.258 e. The molecule has 0 saturated heterocycles. The third kappa shape index (κ3) is 4.09. The number of aryl methyl sites for hydroxylation is 1. The third-order valence-corrected chi connectivity index (χ3v) is 4.48. The van der Waals surface area contributed by atoms with Gasteiger partial charge in [0.25, 0.3) is 5.91 Å². The Morgan fingerprint density at radius 2 is 2.08 bits per heavy atom. The van der Waals surface area contributed by atoms with Crippen molar-refractivity contribution in [3.63, 3.8) is 0 Å². The van der Waals surface area contributed by atoms with Crippen molar-refractivity contribution in [2.75, 3.05) is 12.4 Å². The van der Waals surface area contributed by atoms with Gasteiger partial charge >= 0.3 is 0 Å². The summed E-state index contributed by atoms with van der Waals surface area (Å²) in [6.45, 7) is 2.64. The molecule has 128 valence electrons. The highest BCUT2D eigenvalue weighted by atomic mass is 79.9. The molecule has 3 rings (SSSR count). The number of carbonyl (C=O) groups excluding carboxylic acids is 1. The summed E-state index contributed by atoms with van der Waals surface area (Å²) in [7, 11) is 1.57. The molecule has 5 nitrogen and oxygen atoms in total. The molecule has 0 aliphatic rings. The molecule has 0 aliphatic heterocycles. The Bertz CT molecular complexity index is 905. The van der Waals surface area contributed by atoms with Gasteiger partial charge in [0.05, 0.1) is 25.4 Å². The van der Waals surface area contributed by atoms with Gasteiger partial charge in [-0.05, 0) is 46.6 Å². The number of anilines is 1. The summed E-state index contributed by atoms with van der Waals surface area (Å²) >= 11 is 3.41. The monoisotopic (exact) mass is 399 g/mol. The van der Waals surface area contributed by atoms with Crippen LogP contribution in [0.25, 0.3) is 0 Å². The maximum absolute atomic E-state index is 12.6. The Kier molecular flexibility index (Phi) is 5.19. The molecule has 0 radical (unpaired) electrons. The molecule has 0 atom stereocenters. The minimum absolute atomic E-state index is 0.225. The smallest absolute Gasteiger partial charge is 0.258 e. The highest BCUT2D eigenvalue weighted by Crippen LogP contribution is 2.23. The van der Waals surface area contributed by atoms with Crippen molar-refractivity contribution < 1.29 is 9.53 Å². The van der Waals surface area contributed by atoms with Crippen molar-refractivity contribution in [2.24, 2.45) is 0 Å². The Labute approximate surface area is 154 Å². The number of nitrogens with one attached hydrogen (secondary N) is 1. The predicted octanol–water partition coefficient (Wildman–Crippen LogP) is 4.26. The van der Waals surface area contributed by atoms with Gasteiger partial charge in [0.1, 0.15) is 11.6 Å². The summed E-state index contributed by atoms with van der Waals surface area (Å²) in [6, 6.07) is 15.3. The summed E-state index contributed by atoms with van der Waals surface area (Å²) in [4.78, 5) is 12.6. The van der Waals surface area contributed by atoms with E-state index in [9.17, 15) is 4.79 Å². The van der Waals surface area contributed by atoms with Crippen LogP contribution in [0.1, 0.15) is 21.5 Å². The fourth-order valence-corrected chi connectivity index (χ4v) is 2.96. The van der Waals surface area contributed by atoms with Crippen molar-refractivity contribution in [1.82, 2.24) is 9.78 Å². The highest BCUT2D eigenvalue weighted by molar-refractivity contribution is 9.10. The van der Waals surface area contributed by atoms with Crippen LogP contribution in [-0.4, -0.2) is 22.8 Å². The van der Waals surface area contributed by atoms with Crippen LogP contribution in [0.15, 0.2) is 59.2 Å². The zero-order chi connectivity index (χ0) is 17.8. The second-order valence-electron chi connectivity index (χ2n) is 5.66. The number of nitrogens with zero attached hydrogens (tertiary/aromatic N) is 2. The molecule has 0 fully saturated rings. The first-order valence-corrected chi connectivity index (χ1v) is 8.58. The van der Waals surface area contributed by atoms with E-state index in [0.29, 0.717) is 28.1 Å². The van der Waals surface area contributed by atoms with Crippen LogP contribution in [0.3, 0.4) is 0 Å². The number of rotatable bonds is 5. The van der Waals surface area contributed by atoms with E-state index in [1.54, 1.807) is 42.3 Å². The summed E-state index contributed by atoms with van der Waals surface area (Å²) in [5.74, 6) is 1.04. The molecule has 25 heavy (non-hydrogen) atoms. The molecule has 3 aromatic rings. The third-order valence-electron chi connectivity index (χ3n) is 3.79. The number of hydrogen-bond donors (Lipinski definition) is 1. The van der Waals surface area contributed by atoms with Crippen LogP contribution >= 0.6 is 15.9 Å². The van der Waals surface area contributed by atoms with Crippen LogP contribution in [0.2, 0.25) is 0 Å². The second kappa shape index (κ2) is 7.53. The zero-order valence-corrected chi connectivity index (χ0v) is 15.6. The first-order valence-electron chi connectivity index (χ1n) is 7.79. The lowest BCUT2D eigenvalue weighted by Crippen LogP contribution is -2.16. The van der Waals surface area contributed by atoms with Gasteiger partial charge in [-0.25, -0.2) is 4.68 Å². The van der Waals surface area contributed by atoms with E-state index >= 15 is 0 Å². The number of carbonyl (C=O) groups is 1. The molecule has 1 N–H and O–H groups in total. The van der Waals surface area contributed by atoms with Crippen LogP contribution < -0.4 is 10.1 Å². The van der Waals surface area contributed by atoms with Crippen LogP contribution in [0.5, 0.6) is 5.75 Å². The van der Waals surface area contributed by atoms with E-state index in [0.717, 1.165) is 5.56 Å². The Morgan fingerprint density at radius 3 is 2.84 bits per heavy atom. The van der Waals surface area contributed by atoms with Gasteiger partial charge in [-0.15, -0.1) is 0 Å². The van der Waals surface area contributed by atoms with Gasteiger partial charge in [-0.3, -0.25) is 4.79 Å². The van der Waals surface area contributed by atoms with Gasteiger partial charge < -0.3 is 10.1 Å². The largest absolute Gasteiger partial charge is 0.497 e. The van der Waals surface area contributed by atoms with E-state index in [1.807, 2.05) is 12.1 Å². The standard InChI is InChI=1S/C19H18BrN3O2/c1-13-4-3-5-14(10-13)12-23-18(8-9-21-23)22-19(24)16-11-15(25-2)6-7-17(16)20/h3-11H,12H2,1-2H3,(H,22,24). The van der Waals surface area contributed by atoms with Crippen molar-refractivity contribution >= 4 is 27.7 Å². The van der Waals surface area contributed by atoms with Crippen molar-refractivity contribution in [3.8, 4) is 5.75 Å². The van der Waals surface area contributed by atoms with Crippen LogP contribution in [0, 0.1) is 6.92 Å². The lowest BCUT2D eigenvalue weighted by molar-refractivity contribution is 0.102. The second-order valence-corrected chi connectivity index (χ2v) is 6.52. The zero-order valence-electron chi connectivity index (χ0n) is 14.0. The number of benzene rings is 2. The van der Waals surface area contributed by atoms with Crippen molar-refractivity contribution in [3.05, 3.63) is 75.9 Å². The van der Waals surface area contributed by atoms with Gasteiger partial charge in [-0.1, -0.05) is 29.8 Å². The number of amides is 1. The fourth-order valence-electron chi connectivity index (χ4n) is 2.54. The summed E-state index contributed by atoms with van der Waals surface area (Å²) in [6.07, 6.45) is 1.67. The first kappa shape index (κ1) is 17.2. The molecule has 0 saturated carbocycles. The summed E-state index contributed by atoms with van der Waals surface area (Å²) in [5, 5.41) is 7.22. The van der Waals surface area contributed by atoms with E-state index in [1.165, 1.54) is 5.56 Å². The van der Waals surface area contributed by atoms with E-state index in [2.05, 4.69) is 45.4 Å². The number of halogens is 1. The number of aromatic nitrogens is 2. The van der Waals surface area contributed by atoms with Gasteiger partial charge in [0.2, 0.25) is 0 Å². The summed E-state index contributed by atoms with van der Waals surface area (Å²) in [5.41, 5.74) is 2.82. The van der Waals surface area contributed by atoms with Crippen LogP contribution in [0.4, 0.5) is 5.82 Å². The molecule has 1 aromatic heterocycles.